The van der Waals surface area contributed by atoms with E-state index in [1.54, 1.807) is 0 Å². The molecule has 2 unspecified atom stereocenters. The highest BCUT2D eigenvalue weighted by molar-refractivity contribution is 5.80. The molecule has 0 amide bonds. The Morgan fingerprint density at radius 1 is 1.53 bits per heavy atom. The Hall–Kier alpha value is -0.730. The van der Waals surface area contributed by atoms with Crippen molar-refractivity contribution >= 4 is 5.96 Å². The molecule has 0 aromatic rings. The second-order valence-corrected chi connectivity index (χ2v) is 5.56. The molecule has 1 aliphatic heterocycles. The number of hydrogen-bond acceptors (Lipinski definition) is 3. The molecule has 0 radical (unpaired) electrons. The zero-order valence-electron chi connectivity index (χ0n) is 10.2. The summed E-state index contributed by atoms with van der Waals surface area (Å²) in [5, 5.41) is 0. The van der Waals surface area contributed by atoms with Crippen molar-refractivity contribution in [1.82, 2.24) is 4.90 Å². The number of nitrogens with zero attached hydrogens (tertiary/aromatic N) is 2. The van der Waals surface area contributed by atoms with Gasteiger partial charge in [0, 0.05) is 7.05 Å². The first kappa shape index (κ1) is 10.8. The van der Waals surface area contributed by atoms with Gasteiger partial charge >= 0.3 is 0 Å². The lowest BCUT2D eigenvalue weighted by molar-refractivity contribution is 0.106. The summed E-state index contributed by atoms with van der Waals surface area (Å²) >= 11 is 0. The maximum Gasteiger partial charge on any atom is 0.191 e. The molecule has 3 heteroatoms. The summed E-state index contributed by atoms with van der Waals surface area (Å²) in [6.45, 7) is 5.59. The fraction of sp³-hybridized carbons (Fsp3) is 0.917. The predicted octanol–water partition coefficient (Wildman–Crippen LogP) is 1.83. The lowest BCUT2D eigenvalue weighted by atomic mass is 9.71. The molecule has 0 aromatic carbocycles. The van der Waals surface area contributed by atoms with E-state index in [1.807, 2.05) is 0 Å². The van der Waals surface area contributed by atoms with Crippen LogP contribution < -0.4 is 5.73 Å². The standard InChI is InChI=1S/C12H23N3/c1-9(2)10-5-4-6-12(7-10)8-14-11(13)15(12)3/h9-10H,4-8H2,1-3H3,(H2,13,14). The Morgan fingerprint density at radius 2 is 2.27 bits per heavy atom. The highest BCUT2D eigenvalue weighted by Gasteiger charge is 2.44. The monoisotopic (exact) mass is 209 g/mol. The van der Waals surface area contributed by atoms with Crippen molar-refractivity contribution in [3.63, 3.8) is 0 Å². The zero-order chi connectivity index (χ0) is 11.1. The molecule has 2 rings (SSSR count). The molecule has 2 aliphatic rings. The summed E-state index contributed by atoms with van der Waals surface area (Å²) in [4.78, 5) is 6.63. The molecule has 0 saturated heterocycles. The first-order valence-corrected chi connectivity index (χ1v) is 6.09. The van der Waals surface area contributed by atoms with E-state index >= 15 is 0 Å². The minimum Gasteiger partial charge on any atom is -0.370 e. The van der Waals surface area contributed by atoms with E-state index in [1.165, 1.54) is 25.7 Å². The third-order valence-electron chi connectivity index (χ3n) is 4.39. The van der Waals surface area contributed by atoms with E-state index in [2.05, 4.69) is 30.8 Å². The Morgan fingerprint density at radius 3 is 2.80 bits per heavy atom. The number of hydrogen-bond donors (Lipinski definition) is 1. The number of guanidine groups is 1. The van der Waals surface area contributed by atoms with Gasteiger partial charge in [0.15, 0.2) is 5.96 Å². The predicted molar refractivity (Wildman–Crippen MR) is 63.8 cm³/mol. The van der Waals surface area contributed by atoms with Gasteiger partial charge in [-0.15, -0.1) is 0 Å². The van der Waals surface area contributed by atoms with E-state index < -0.39 is 0 Å². The number of aliphatic imine (C=N–C) groups is 1. The average molecular weight is 209 g/mol. The summed E-state index contributed by atoms with van der Waals surface area (Å²) in [5.41, 5.74) is 6.14. The van der Waals surface area contributed by atoms with E-state index in [0.717, 1.165) is 24.3 Å². The van der Waals surface area contributed by atoms with Crippen molar-refractivity contribution in [2.24, 2.45) is 22.6 Å². The fourth-order valence-electron chi connectivity index (χ4n) is 3.09. The van der Waals surface area contributed by atoms with Gasteiger partial charge in [0.1, 0.15) is 0 Å². The Kier molecular flexibility index (Phi) is 2.65. The van der Waals surface area contributed by atoms with Crippen LogP contribution in [0.15, 0.2) is 4.99 Å². The summed E-state index contributed by atoms with van der Waals surface area (Å²) in [6.07, 6.45) is 5.24. The Labute approximate surface area is 92.7 Å². The second kappa shape index (κ2) is 3.69. The van der Waals surface area contributed by atoms with Gasteiger partial charge in [-0.1, -0.05) is 26.7 Å². The maximum atomic E-state index is 5.88. The molecule has 1 aliphatic carbocycles. The van der Waals surface area contributed by atoms with Crippen LogP contribution in [-0.2, 0) is 0 Å². The topological polar surface area (TPSA) is 41.6 Å². The molecule has 1 saturated carbocycles. The quantitative estimate of drug-likeness (QED) is 0.716. The van der Waals surface area contributed by atoms with Crippen molar-refractivity contribution in [3.05, 3.63) is 0 Å². The van der Waals surface area contributed by atoms with Gasteiger partial charge in [-0.25, -0.2) is 0 Å². The van der Waals surface area contributed by atoms with Crippen LogP contribution in [0.5, 0.6) is 0 Å². The first-order valence-electron chi connectivity index (χ1n) is 6.09. The van der Waals surface area contributed by atoms with Crippen LogP contribution in [0.1, 0.15) is 39.5 Å². The van der Waals surface area contributed by atoms with Crippen LogP contribution in [0.3, 0.4) is 0 Å². The third-order valence-corrected chi connectivity index (χ3v) is 4.39. The Balaban J connectivity index is 2.10. The summed E-state index contributed by atoms with van der Waals surface area (Å²) in [5.74, 6) is 2.37. The first-order chi connectivity index (χ1) is 7.05. The largest absolute Gasteiger partial charge is 0.370 e. The van der Waals surface area contributed by atoms with Gasteiger partial charge in [0.2, 0.25) is 0 Å². The maximum absolute atomic E-state index is 5.88. The van der Waals surface area contributed by atoms with Crippen molar-refractivity contribution in [3.8, 4) is 0 Å². The average Bonchev–Trinajstić information content (AvgIpc) is 2.48. The normalized spacial score (nSPS) is 36.4. The van der Waals surface area contributed by atoms with Crippen LogP contribution in [0, 0.1) is 11.8 Å². The van der Waals surface area contributed by atoms with Crippen LogP contribution in [-0.4, -0.2) is 30.0 Å². The van der Waals surface area contributed by atoms with Gasteiger partial charge in [-0.05, 0) is 24.7 Å². The van der Waals surface area contributed by atoms with Crippen LogP contribution >= 0.6 is 0 Å². The molecule has 1 fully saturated rings. The SMILES string of the molecule is CC(C)C1CCCC2(CN=C(N)N2C)C1. The van der Waals surface area contributed by atoms with Gasteiger partial charge in [0.25, 0.3) is 0 Å². The fourth-order valence-corrected chi connectivity index (χ4v) is 3.09. The van der Waals surface area contributed by atoms with Gasteiger partial charge in [0.05, 0.1) is 12.1 Å². The molecule has 86 valence electrons. The molecule has 2 atom stereocenters. The molecule has 0 aromatic heterocycles. The van der Waals surface area contributed by atoms with Crippen LogP contribution in [0.25, 0.3) is 0 Å². The minimum atomic E-state index is 0.261. The second-order valence-electron chi connectivity index (χ2n) is 5.56. The molecule has 1 spiro atoms. The van der Waals surface area contributed by atoms with Crippen molar-refractivity contribution in [2.75, 3.05) is 13.6 Å². The molecular formula is C12H23N3. The summed E-state index contributed by atoms with van der Waals surface area (Å²) in [6, 6.07) is 0. The molecular weight excluding hydrogens is 186 g/mol. The number of rotatable bonds is 1. The van der Waals surface area contributed by atoms with Gasteiger partial charge < -0.3 is 10.6 Å². The van der Waals surface area contributed by atoms with Crippen molar-refractivity contribution in [1.29, 1.82) is 0 Å². The van der Waals surface area contributed by atoms with Crippen molar-refractivity contribution < 1.29 is 0 Å². The Bertz CT molecular complexity index is 272. The lowest BCUT2D eigenvalue weighted by Crippen LogP contribution is -2.52. The van der Waals surface area contributed by atoms with Gasteiger partial charge in [-0.3, -0.25) is 4.99 Å². The van der Waals surface area contributed by atoms with Crippen LogP contribution in [0.2, 0.25) is 0 Å². The van der Waals surface area contributed by atoms with Crippen LogP contribution in [0.4, 0.5) is 0 Å². The minimum absolute atomic E-state index is 0.261. The summed E-state index contributed by atoms with van der Waals surface area (Å²) < 4.78 is 0. The van der Waals surface area contributed by atoms with E-state index in [9.17, 15) is 0 Å². The van der Waals surface area contributed by atoms with E-state index in [0.29, 0.717) is 0 Å². The molecule has 2 N–H and O–H groups in total. The summed E-state index contributed by atoms with van der Waals surface area (Å²) in [7, 11) is 2.11. The number of likely N-dealkylation sites (N-methyl/N-ethyl adjacent to an activating group) is 1. The van der Waals surface area contributed by atoms with Gasteiger partial charge in [-0.2, -0.15) is 0 Å². The molecule has 15 heavy (non-hydrogen) atoms. The van der Waals surface area contributed by atoms with E-state index in [4.69, 9.17) is 5.73 Å². The highest BCUT2D eigenvalue weighted by Crippen LogP contribution is 2.41. The van der Waals surface area contributed by atoms with E-state index in [-0.39, 0.29) is 5.54 Å². The highest BCUT2D eigenvalue weighted by atomic mass is 15.3. The smallest absolute Gasteiger partial charge is 0.191 e. The zero-order valence-corrected chi connectivity index (χ0v) is 10.2. The number of nitrogens with two attached hydrogens (primary N) is 1. The molecule has 1 heterocycles. The third kappa shape index (κ3) is 1.72. The molecule has 3 nitrogen and oxygen atoms in total. The molecule has 0 bridgehead atoms. The lowest BCUT2D eigenvalue weighted by Gasteiger charge is -2.44. The van der Waals surface area contributed by atoms with Crippen molar-refractivity contribution in [2.45, 2.75) is 45.1 Å².